The van der Waals surface area contributed by atoms with Crippen LogP contribution in [0.15, 0.2) is 36.4 Å². The summed E-state index contributed by atoms with van der Waals surface area (Å²) in [6.45, 7) is 12.4. The molecule has 0 saturated carbocycles. The minimum Gasteiger partial charge on any atom is -0.466 e. The topological polar surface area (TPSA) is 35.5 Å². The van der Waals surface area contributed by atoms with E-state index in [1.54, 1.807) is 0 Å². The molecule has 0 radical (unpaired) electrons. The summed E-state index contributed by atoms with van der Waals surface area (Å²) in [6.07, 6.45) is 0.535. The van der Waals surface area contributed by atoms with Gasteiger partial charge in [-0.1, -0.05) is 42.0 Å². The van der Waals surface area contributed by atoms with Crippen molar-refractivity contribution < 1.29 is 14.3 Å². The van der Waals surface area contributed by atoms with Gasteiger partial charge < -0.3 is 9.47 Å². The van der Waals surface area contributed by atoms with Crippen molar-refractivity contribution in [2.45, 2.75) is 46.3 Å². The minimum absolute atomic E-state index is 0.0428. The summed E-state index contributed by atoms with van der Waals surface area (Å²) in [5.74, 6) is -0.250. The summed E-state index contributed by atoms with van der Waals surface area (Å²) in [5, 5.41) is 0. The lowest BCUT2D eigenvalue weighted by Gasteiger charge is -2.40. The average molecular weight is 302 g/mol. The number of esters is 1. The van der Waals surface area contributed by atoms with Gasteiger partial charge in [-0.15, -0.1) is 0 Å². The van der Waals surface area contributed by atoms with E-state index < -0.39 is 0 Å². The fourth-order valence-corrected chi connectivity index (χ4v) is 3.07. The molecular formula is C19H26O3. The Morgan fingerprint density at radius 2 is 1.95 bits per heavy atom. The van der Waals surface area contributed by atoms with Crippen molar-refractivity contribution in [1.82, 2.24) is 0 Å². The van der Waals surface area contributed by atoms with Crippen LogP contribution in [-0.4, -0.2) is 18.7 Å². The van der Waals surface area contributed by atoms with Crippen molar-refractivity contribution in [2.75, 3.05) is 6.61 Å². The molecule has 1 aliphatic heterocycles. The fourth-order valence-electron chi connectivity index (χ4n) is 3.07. The van der Waals surface area contributed by atoms with E-state index in [0.29, 0.717) is 6.61 Å². The van der Waals surface area contributed by atoms with Crippen LogP contribution in [0.25, 0.3) is 0 Å². The molecule has 3 heteroatoms. The molecule has 1 aromatic rings. The van der Waals surface area contributed by atoms with Crippen LogP contribution in [0.1, 0.15) is 44.4 Å². The van der Waals surface area contributed by atoms with E-state index >= 15 is 0 Å². The standard InChI is InChI=1S/C19H26O3/c1-6-21-19(20)17-11-16(12(2)3)18(22-14(17)5)15-9-7-13(4)8-10-15/h7-10,14,16-18H,2,6,11H2,1,3-5H3/t14-,16+,17+,18+/m1/s1. The third kappa shape index (κ3) is 3.58. The Hall–Kier alpha value is -1.61. The Kier molecular flexibility index (Phi) is 5.41. The number of aryl methyl sites for hydroxylation is 1. The number of benzene rings is 1. The van der Waals surface area contributed by atoms with E-state index in [0.717, 1.165) is 17.6 Å². The van der Waals surface area contributed by atoms with E-state index in [4.69, 9.17) is 9.47 Å². The van der Waals surface area contributed by atoms with Gasteiger partial charge in [-0.2, -0.15) is 0 Å². The first-order valence-corrected chi connectivity index (χ1v) is 7.98. The van der Waals surface area contributed by atoms with Crippen molar-refractivity contribution in [1.29, 1.82) is 0 Å². The molecule has 0 aromatic heterocycles. The normalized spacial score (nSPS) is 28.2. The van der Waals surface area contributed by atoms with E-state index in [2.05, 4.69) is 37.8 Å². The van der Waals surface area contributed by atoms with Crippen molar-refractivity contribution in [3.05, 3.63) is 47.5 Å². The van der Waals surface area contributed by atoms with E-state index in [9.17, 15) is 4.79 Å². The Bertz CT molecular complexity index is 532. The van der Waals surface area contributed by atoms with Crippen LogP contribution < -0.4 is 0 Å². The highest BCUT2D eigenvalue weighted by Crippen LogP contribution is 2.42. The predicted octanol–water partition coefficient (Wildman–Crippen LogP) is 4.22. The first kappa shape index (κ1) is 16.8. The summed E-state index contributed by atoms with van der Waals surface area (Å²) in [6, 6.07) is 8.40. The number of carbonyl (C=O) groups excluding carboxylic acids is 1. The Balaban J connectivity index is 2.23. The zero-order chi connectivity index (χ0) is 16.3. The van der Waals surface area contributed by atoms with E-state index in [-0.39, 0.29) is 30.0 Å². The summed E-state index contributed by atoms with van der Waals surface area (Å²) in [4.78, 5) is 12.1. The molecule has 3 nitrogen and oxygen atoms in total. The quantitative estimate of drug-likeness (QED) is 0.617. The second-order valence-electron chi connectivity index (χ2n) is 6.22. The molecule has 1 saturated heterocycles. The molecule has 1 aliphatic rings. The third-order valence-corrected chi connectivity index (χ3v) is 4.43. The molecule has 1 fully saturated rings. The monoisotopic (exact) mass is 302 g/mol. The largest absolute Gasteiger partial charge is 0.466 e. The van der Waals surface area contributed by atoms with Gasteiger partial charge in [0.25, 0.3) is 0 Å². The lowest BCUT2D eigenvalue weighted by atomic mass is 9.78. The molecule has 4 atom stereocenters. The van der Waals surface area contributed by atoms with Gasteiger partial charge in [0, 0.05) is 5.92 Å². The van der Waals surface area contributed by atoms with Crippen LogP contribution in [0.5, 0.6) is 0 Å². The highest BCUT2D eigenvalue weighted by atomic mass is 16.5. The first-order valence-electron chi connectivity index (χ1n) is 7.98. The predicted molar refractivity (Wildman–Crippen MR) is 87.5 cm³/mol. The highest BCUT2D eigenvalue weighted by Gasteiger charge is 2.41. The van der Waals surface area contributed by atoms with Crippen molar-refractivity contribution in [3.8, 4) is 0 Å². The van der Waals surface area contributed by atoms with E-state index in [1.165, 1.54) is 5.56 Å². The molecule has 0 unspecified atom stereocenters. The number of ether oxygens (including phenoxy) is 2. The molecule has 0 N–H and O–H groups in total. The van der Waals surface area contributed by atoms with E-state index in [1.807, 2.05) is 20.8 Å². The number of hydrogen-bond acceptors (Lipinski definition) is 3. The average Bonchev–Trinajstić information content (AvgIpc) is 2.47. The minimum atomic E-state index is -0.219. The zero-order valence-corrected chi connectivity index (χ0v) is 14.0. The van der Waals surface area contributed by atoms with Gasteiger partial charge in [0.1, 0.15) is 0 Å². The van der Waals surface area contributed by atoms with Gasteiger partial charge >= 0.3 is 5.97 Å². The summed E-state index contributed by atoms with van der Waals surface area (Å²) >= 11 is 0. The van der Waals surface area contributed by atoms with Crippen molar-refractivity contribution in [3.63, 3.8) is 0 Å². The second-order valence-corrected chi connectivity index (χ2v) is 6.22. The molecule has 0 amide bonds. The van der Waals surface area contributed by atoms with Crippen LogP contribution >= 0.6 is 0 Å². The summed E-state index contributed by atoms with van der Waals surface area (Å²) in [7, 11) is 0. The summed E-state index contributed by atoms with van der Waals surface area (Å²) in [5.41, 5.74) is 3.42. The number of hydrogen-bond donors (Lipinski definition) is 0. The third-order valence-electron chi connectivity index (χ3n) is 4.43. The number of rotatable bonds is 4. The Labute approximate surface area is 133 Å². The molecule has 2 rings (SSSR count). The fraction of sp³-hybridized carbons (Fsp3) is 0.526. The smallest absolute Gasteiger partial charge is 0.311 e. The van der Waals surface area contributed by atoms with Crippen LogP contribution in [-0.2, 0) is 14.3 Å². The van der Waals surface area contributed by atoms with Crippen LogP contribution in [0, 0.1) is 18.8 Å². The lowest BCUT2D eigenvalue weighted by Crippen LogP contribution is -2.40. The van der Waals surface area contributed by atoms with Crippen molar-refractivity contribution in [2.24, 2.45) is 11.8 Å². The van der Waals surface area contributed by atoms with Gasteiger partial charge in [-0.05, 0) is 39.7 Å². The van der Waals surface area contributed by atoms with Crippen LogP contribution in [0.2, 0.25) is 0 Å². The molecular weight excluding hydrogens is 276 g/mol. The van der Waals surface area contributed by atoms with Gasteiger partial charge in [-0.25, -0.2) is 0 Å². The molecule has 0 aliphatic carbocycles. The maximum absolute atomic E-state index is 12.1. The molecule has 120 valence electrons. The maximum Gasteiger partial charge on any atom is 0.311 e. The SMILES string of the molecule is C=C(C)[C@@H]1C[C@H](C(=O)OCC)[C@@H](C)O[C@H]1c1ccc(C)cc1. The summed E-state index contributed by atoms with van der Waals surface area (Å²) < 4.78 is 11.4. The molecule has 0 spiro atoms. The zero-order valence-electron chi connectivity index (χ0n) is 14.0. The van der Waals surface area contributed by atoms with Crippen molar-refractivity contribution >= 4 is 5.97 Å². The van der Waals surface area contributed by atoms with Gasteiger partial charge in [0.2, 0.25) is 0 Å². The maximum atomic E-state index is 12.1. The molecule has 22 heavy (non-hydrogen) atoms. The van der Waals surface area contributed by atoms with Gasteiger partial charge in [0.05, 0.1) is 24.7 Å². The molecule has 1 heterocycles. The molecule has 1 aromatic carbocycles. The molecule has 0 bridgehead atoms. The van der Waals surface area contributed by atoms with Gasteiger partial charge in [-0.3, -0.25) is 4.79 Å². The highest BCUT2D eigenvalue weighted by molar-refractivity contribution is 5.73. The number of carbonyl (C=O) groups is 1. The first-order chi connectivity index (χ1) is 10.4. The van der Waals surface area contributed by atoms with Crippen LogP contribution in [0.3, 0.4) is 0 Å². The Morgan fingerprint density at radius 3 is 2.50 bits per heavy atom. The van der Waals surface area contributed by atoms with Gasteiger partial charge in [0.15, 0.2) is 0 Å². The second kappa shape index (κ2) is 7.10. The Morgan fingerprint density at radius 1 is 1.32 bits per heavy atom. The van der Waals surface area contributed by atoms with Crippen LogP contribution in [0.4, 0.5) is 0 Å². The lowest BCUT2D eigenvalue weighted by molar-refractivity contribution is -0.166.